The van der Waals surface area contributed by atoms with Gasteiger partial charge in [-0.2, -0.15) is 0 Å². The fraction of sp³-hybridized carbons (Fsp3) is 0.238. The molecule has 0 atom stereocenters. The zero-order valence-corrected chi connectivity index (χ0v) is 15.4. The van der Waals surface area contributed by atoms with Crippen molar-refractivity contribution in [1.29, 1.82) is 0 Å². The Morgan fingerprint density at radius 3 is 1.78 bits per heavy atom. The summed E-state index contributed by atoms with van der Waals surface area (Å²) in [6.45, 7) is 0. The second kappa shape index (κ2) is 10.0. The predicted octanol–water partition coefficient (Wildman–Crippen LogP) is 4.22. The number of hydrogen-bond acceptors (Lipinski definition) is 5. The van der Waals surface area contributed by atoms with Crippen molar-refractivity contribution >= 4 is 17.8 Å². The first-order valence-electron chi connectivity index (χ1n) is 8.50. The average molecular weight is 369 g/mol. The third-order valence-corrected chi connectivity index (χ3v) is 4.13. The van der Waals surface area contributed by atoms with E-state index in [4.69, 9.17) is 19.8 Å². The number of nitrogens with zero attached hydrogens (tertiary/aromatic N) is 1. The highest BCUT2D eigenvalue weighted by Crippen LogP contribution is 2.31. The number of carboxylic acids is 1. The zero-order valence-electron chi connectivity index (χ0n) is 15.4. The molecule has 0 radical (unpaired) electrons. The lowest BCUT2D eigenvalue weighted by Crippen LogP contribution is -2.00. The van der Waals surface area contributed by atoms with Gasteiger partial charge in [-0.25, -0.2) is 0 Å². The number of methoxy groups -OCH3 is 2. The average Bonchev–Trinajstić information content (AvgIpc) is 2.69. The molecule has 0 heterocycles. The second-order valence-corrected chi connectivity index (χ2v) is 5.85. The summed E-state index contributed by atoms with van der Waals surface area (Å²) in [4.78, 5) is 10.9. The molecule has 0 aliphatic rings. The number of aliphatic carboxylic acids is 1. The number of carbonyl (C=O) groups is 1. The highest BCUT2D eigenvalue weighted by Gasteiger charge is 2.13. The molecule has 0 fully saturated rings. The van der Waals surface area contributed by atoms with Gasteiger partial charge in [-0.3, -0.25) is 4.79 Å². The Morgan fingerprint density at radius 1 is 0.926 bits per heavy atom. The maximum Gasteiger partial charge on any atom is 0.303 e. The molecule has 2 aromatic carbocycles. The molecular formula is C21H23NO5. The number of rotatable bonds is 9. The molecule has 6 nitrogen and oxygen atoms in total. The highest BCUT2D eigenvalue weighted by molar-refractivity contribution is 5.96. The summed E-state index contributed by atoms with van der Waals surface area (Å²) in [6, 6.07) is 15.1. The van der Waals surface area contributed by atoms with E-state index in [1.54, 1.807) is 14.2 Å². The van der Waals surface area contributed by atoms with Gasteiger partial charge in [-0.05, 0) is 59.4 Å². The van der Waals surface area contributed by atoms with Crippen molar-refractivity contribution in [1.82, 2.24) is 0 Å². The maximum absolute atomic E-state index is 10.9. The standard InChI is InChI=1S/C21H23NO5/c1-26-18-10-6-15(7-11-18)21(16-8-12-19(27-2)13-9-16)17(14-22-25)4-3-5-20(23)24/h6-14,25H,3-5H2,1-2H3,(H,23,24). The molecule has 0 aromatic heterocycles. The van der Waals surface area contributed by atoms with E-state index in [0.717, 1.165) is 33.8 Å². The van der Waals surface area contributed by atoms with Crippen LogP contribution in [-0.2, 0) is 4.79 Å². The fourth-order valence-corrected chi connectivity index (χ4v) is 2.81. The van der Waals surface area contributed by atoms with Crippen molar-refractivity contribution in [2.24, 2.45) is 5.16 Å². The Kier molecular flexibility index (Phi) is 7.43. The smallest absolute Gasteiger partial charge is 0.303 e. The van der Waals surface area contributed by atoms with Gasteiger partial charge < -0.3 is 19.8 Å². The molecule has 0 aliphatic heterocycles. The topological polar surface area (TPSA) is 88.4 Å². The lowest BCUT2D eigenvalue weighted by Gasteiger charge is -2.14. The molecule has 2 aromatic rings. The fourth-order valence-electron chi connectivity index (χ4n) is 2.81. The van der Waals surface area contributed by atoms with Gasteiger partial charge in [0.2, 0.25) is 0 Å². The molecule has 0 saturated heterocycles. The lowest BCUT2D eigenvalue weighted by atomic mass is 9.91. The van der Waals surface area contributed by atoms with Crippen LogP contribution in [0.1, 0.15) is 30.4 Å². The first-order valence-corrected chi connectivity index (χ1v) is 8.50. The number of benzene rings is 2. The van der Waals surface area contributed by atoms with Gasteiger partial charge in [0.25, 0.3) is 0 Å². The third-order valence-electron chi connectivity index (χ3n) is 4.13. The Balaban J connectivity index is 2.53. The quantitative estimate of drug-likeness (QED) is 0.392. The van der Waals surface area contributed by atoms with E-state index in [2.05, 4.69) is 5.16 Å². The summed E-state index contributed by atoms with van der Waals surface area (Å²) in [5, 5.41) is 21.2. The lowest BCUT2D eigenvalue weighted by molar-refractivity contribution is -0.137. The van der Waals surface area contributed by atoms with Crippen molar-refractivity contribution < 1.29 is 24.6 Å². The van der Waals surface area contributed by atoms with Gasteiger partial charge in [-0.1, -0.05) is 29.4 Å². The molecule has 6 heteroatoms. The Bertz CT molecular complexity index is 758. The van der Waals surface area contributed by atoms with E-state index in [9.17, 15) is 4.79 Å². The van der Waals surface area contributed by atoms with Crippen LogP contribution < -0.4 is 9.47 Å². The summed E-state index contributed by atoms with van der Waals surface area (Å²) in [7, 11) is 3.20. The van der Waals surface area contributed by atoms with E-state index in [1.165, 1.54) is 6.21 Å². The van der Waals surface area contributed by atoms with E-state index in [-0.39, 0.29) is 6.42 Å². The van der Waals surface area contributed by atoms with Crippen LogP contribution in [0.2, 0.25) is 0 Å². The Labute approximate surface area is 158 Å². The number of allylic oxidation sites excluding steroid dienone is 1. The molecule has 2 rings (SSSR count). The minimum atomic E-state index is -0.856. The Hall–Kier alpha value is -3.28. The number of carboxylic acid groups (broad SMARTS) is 1. The van der Waals surface area contributed by atoms with Gasteiger partial charge in [0.1, 0.15) is 11.5 Å². The monoisotopic (exact) mass is 369 g/mol. The van der Waals surface area contributed by atoms with Crippen molar-refractivity contribution in [3.8, 4) is 11.5 Å². The van der Waals surface area contributed by atoms with Crippen LogP contribution in [0.15, 0.2) is 59.3 Å². The molecule has 0 aliphatic carbocycles. The molecule has 2 N–H and O–H groups in total. The summed E-state index contributed by atoms with van der Waals surface area (Å²) in [5.41, 5.74) is 3.43. The van der Waals surface area contributed by atoms with E-state index in [0.29, 0.717) is 12.8 Å². The minimum absolute atomic E-state index is 0.0429. The van der Waals surface area contributed by atoms with Crippen molar-refractivity contribution in [3.05, 3.63) is 65.2 Å². The van der Waals surface area contributed by atoms with Crippen molar-refractivity contribution in [3.63, 3.8) is 0 Å². The molecule has 0 spiro atoms. The van der Waals surface area contributed by atoms with Gasteiger partial charge >= 0.3 is 5.97 Å². The SMILES string of the molecule is COc1ccc(C(=C(C=NO)CCCC(=O)O)c2ccc(OC)cc2)cc1. The van der Waals surface area contributed by atoms with Crippen LogP contribution in [0.25, 0.3) is 5.57 Å². The molecular weight excluding hydrogens is 346 g/mol. The minimum Gasteiger partial charge on any atom is -0.497 e. The molecule has 142 valence electrons. The molecule has 27 heavy (non-hydrogen) atoms. The normalized spacial score (nSPS) is 10.6. The third kappa shape index (κ3) is 5.60. The van der Waals surface area contributed by atoms with E-state index >= 15 is 0 Å². The first-order chi connectivity index (χ1) is 13.1. The molecule has 0 saturated carbocycles. The van der Waals surface area contributed by atoms with Crippen LogP contribution in [0, 0.1) is 0 Å². The Morgan fingerprint density at radius 2 is 1.41 bits per heavy atom. The number of hydrogen-bond donors (Lipinski definition) is 2. The van der Waals surface area contributed by atoms with E-state index < -0.39 is 5.97 Å². The number of ether oxygens (including phenoxy) is 2. The molecule has 0 unspecified atom stereocenters. The largest absolute Gasteiger partial charge is 0.497 e. The van der Waals surface area contributed by atoms with Gasteiger partial charge in [0, 0.05) is 6.42 Å². The van der Waals surface area contributed by atoms with Crippen LogP contribution in [-0.4, -0.2) is 36.7 Å². The predicted molar refractivity (Wildman–Crippen MR) is 104 cm³/mol. The van der Waals surface area contributed by atoms with Crippen LogP contribution in [0.3, 0.4) is 0 Å². The summed E-state index contributed by atoms with van der Waals surface area (Å²) >= 11 is 0. The maximum atomic E-state index is 10.9. The summed E-state index contributed by atoms with van der Waals surface area (Å²) in [6.07, 6.45) is 2.31. The molecule has 0 bridgehead atoms. The van der Waals surface area contributed by atoms with Gasteiger partial charge in [0.05, 0.1) is 20.4 Å². The van der Waals surface area contributed by atoms with Gasteiger partial charge in [0.15, 0.2) is 0 Å². The highest BCUT2D eigenvalue weighted by atomic mass is 16.5. The van der Waals surface area contributed by atoms with Gasteiger partial charge in [-0.15, -0.1) is 0 Å². The first kappa shape index (κ1) is 20.0. The zero-order chi connectivity index (χ0) is 19.6. The van der Waals surface area contributed by atoms with Crippen LogP contribution in [0.4, 0.5) is 0 Å². The van der Waals surface area contributed by atoms with Crippen LogP contribution in [0.5, 0.6) is 11.5 Å². The van der Waals surface area contributed by atoms with Crippen LogP contribution >= 0.6 is 0 Å². The van der Waals surface area contributed by atoms with Crippen molar-refractivity contribution in [2.75, 3.05) is 14.2 Å². The summed E-state index contributed by atoms with van der Waals surface area (Å²) < 4.78 is 10.4. The second-order valence-electron chi connectivity index (χ2n) is 5.85. The molecule has 0 amide bonds. The summed E-state index contributed by atoms with van der Waals surface area (Å²) in [5.74, 6) is 0.609. The van der Waals surface area contributed by atoms with E-state index in [1.807, 2.05) is 48.5 Å². The number of oxime groups is 1. The van der Waals surface area contributed by atoms with Crippen molar-refractivity contribution in [2.45, 2.75) is 19.3 Å².